The number of hydrogen-bond donors (Lipinski definition) is 0. The molecule has 1 heterocycles. The molecule has 0 aliphatic carbocycles. The number of halogens is 4. The topological polar surface area (TPSA) is 94.1 Å². The number of rotatable bonds is 4. The Morgan fingerprint density at radius 3 is 2.46 bits per heavy atom. The SMILES string of the molecule is COC(=O)CSc1cc(-n2c(=O)cc(C(F)(F)F)n(C)c2=O)c(F)cc1C#N. The minimum atomic E-state index is -4.96. The second-order valence-corrected chi connectivity index (χ2v) is 6.34. The summed E-state index contributed by atoms with van der Waals surface area (Å²) in [5.74, 6) is -2.07. The van der Waals surface area contributed by atoms with Gasteiger partial charge >= 0.3 is 17.8 Å². The standard InChI is InChI=1S/C16H11F4N3O4S/c1-22-12(16(18,19)20)5-13(24)23(15(22)26)10-4-11(28-7-14(25)27-2)8(6-21)3-9(10)17/h3-5H,7H2,1-2H3. The molecule has 28 heavy (non-hydrogen) atoms. The van der Waals surface area contributed by atoms with Crippen molar-refractivity contribution in [1.82, 2.24) is 9.13 Å². The van der Waals surface area contributed by atoms with Gasteiger partial charge in [0.05, 0.1) is 24.1 Å². The molecule has 0 saturated heterocycles. The van der Waals surface area contributed by atoms with Gasteiger partial charge in [-0.2, -0.15) is 18.4 Å². The summed E-state index contributed by atoms with van der Waals surface area (Å²) in [5, 5.41) is 9.10. The predicted molar refractivity (Wildman–Crippen MR) is 89.7 cm³/mol. The van der Waals surface area contributed by atoms with E-state index in [4.69, 9.17) is 5.26 Å². The highest BCUT2D eigenvalue weighted by Crippen LogP contribution is 2.29. The zero-order valence-corrected chi connectivity index (χ0v) is 15.2. The van der Waals surface area contributed by atoms with E-state index in [0.717, 1.165) is 38.1 Å². The third-order valence-corrected chi connectivity index (χ3v) is 4.62. The number of hydrogen-bond acceptors (Lipinski definition) is 6. The Hall–Kier alpha value is -3.07. The molecular formula is C16H11F4N3O4S. The first-order valence-corrected chi connectivity index (χ1v) is 8.33. The van der Waals surface area contributed by atoms with Crippen LogP contribution in [0.3, 0.4) is 0 Å². The second-order valence-electron chi connectivity index (χ2n) is 5.32. The van der Waals surface area contributed by atoms with Gasteiger partial charge in [0.15, 0.2) is 0 Å². The Morgan fingerprint density at radius 1 is 1.29 bits per heavy atom. The van der Waals surface area contributed by atoms with Gasteiger partial charge in [-0.25, -0.2) is 13.8 Å². The van der Waals surface area contributed by atoms with Crippen molar-refractivity contribution in [3.63, 3.8) is 0 Å². The number of methoxy groups -OCH3 is 1. The van der Waals surface area contributed by atoms with Crippen molar-refractivity contribution in [3.8, 4) is 11.8 Å². The molecular weight excluding hydrogens is 406 g/mol. The lowest BCUT2D eigenvalue weighted by Crippen LogP contribution is -2.41. The number of nitriles is 1. The molecule has 2 rings (SSSR count). The molecule has 12 heteroatoms. The molecule has 0 unspecified atom stereocenters. The highest BCUT2D eigenvalue weighted by molar-refractivity contribution is 8.00. The molecule has 0 atom stereocenters. The van der Waals surface area contributed by atoms with Gasteiger partial charge in [-0.3, -0.25) is 14.2 Å². The van der Waals surface area contributed by atoms with E-state index < -0.39 is 40.6 Å². The molecule has 7 nitrogen and oxygen atoms in total. The van der Waals surface area contributed by atoms with E-state index in [1.54, 1.807) is 6.07 Å². The number of benzene rings is 1. The lowest BCUT2D eigenvalue weighted by molar-refractivity contribution is -0.144. The molecule has 0 saturated carbocycles. The molecule has 2 aromatic rings. The molecule has 0 N–H and O–H groups in total. The minimum absolute atomic E-state index is 0.0400. The average Bonchev–Trinajstić information content (AvgIpc) is 2.63. The molecule has 0 aliphatic rings. The number of ether oxygens (including phenoxy) is 1. The van der Waals surface area contributed by atoms with Crippen molar-refractivity contribution in [3.05, 3.63) is 56.1 Å². The zero-order chi connectivity index (χ0) is 21.2. The molecule has 0 spiro atoms. The summed E-state index contributed by atoms with van der Waals surface area (Å²) in [6.45, 7) is 0. The summed E-state index contributed by atoms with van der Waals surface area (Å²) in [6.07, 6.45) is -4.96. The Bertz CT molecular complexity index is 1100. The van der Waals surface area contributed by atoms with Crippen LogP contribution in [0.25, 0.3) is 5.69 Å². The maximum absolute atomic E-state index is 14.4. The van der Waals surface area contributed by atoms with Gasteiger partial charge in [-0.05, 0) is 12.1 Å². The summed E-state index contributed by atoms with van der Waals surface area (Å²) in [6, 6.07) is 3.52. The van der Waals surface area contributed by atoms with Crippen LogP contribution in [0.15, 0.2) is 32.7 Å². The zero-order valence-electron chi connectivity index (χ0n) is 14.3. The van der Waals surface area contributed by atoms with Gasteiger partial charge < -0.3 is 4.74 Å². The smallest absolute Gasteiger partial charge is 0.431 e. The van der Waals surface area contributed by atoms with Crippen molar-refractivity contribution in [2.24, 2.45) is 7.05 Å². The number of alkyl halides is 3. The fraction of sp³-hybridized carbons (Fsp3) is 0.250. The highest BCUT2D eigenvalue weighted by Gasteiger charge is 2.35. The van der Waals surface area contributed by atoms with E-state index in [9.17, 15) is 31.9 Å². The van der Waals surface area contributed by atoms with Gasteiger partial charge in [0.25, 0.3) is 5.56 Å². The van der Waals surface area contributed by atoms with E-state index in [1.165, 1.54) is 0 Å². The molecule has 0 amide bonds. The third-order valence-electron chi connectivity index (χ3n) is 3.59. The first kappa shape index (κ1) is 21.2. The fourth-order valence-corrected chi connectivity index (χ4v) is 3.08. The van der Waals surface area contributed by atoms with Crippen LogP contribution in [-0.2, 0) is 22.8 Å². The maximum atomic E-state index is 14.4. The molecule has 0 aliphatic heterocycles. The first-order valence-electron chi connectivity index (χ1n) is 7.35. The van der Waals surface area contributed by atoms with Gasteiger partial charge in [0.2, 0.25) is 0 Å². The maximum Gasteiger partial charge on any atom is 0.431 e. The molecule has 0 fully saturated rings. The van der Waals surface area contributed by atoms with Gasteiger partial charge in [0.1, 0.15) is 17.6 Å². The van der Waals surface area contributed by atoms with Crippen molar-refractivity contribution < 1.29 is 27.1 Å². The van der Waals surface area contributed by atoms with Crippen molar-refractivity contribution in [2.45, 2.75) is 11.1 Å². The lowest BCUT2D eigenvalue weighted by atomic mass is 10.2. The summed E-state index contributed by atoms with van der Waals surface area (Å²) >= 11 is 0.777. The average molecular weight is 417 g/mol. The number of thioether (sulfide) groups is 1. The molecule has 0 radical (unpaired) electrons. The monoisotopic (exact) mass is 417 g/mol. The van der Waals surface area contributed by atoms with Crippen LogP contribution in [0.4, 0.5) is 17.6 Å². The molecule has 0 bridgehead atoms. The van der Waals surface area contributed by atoms with E-state index in [1.807, 2.05) is 0 Å². The Balaban J connectivity index is 2.71. The quantitative estimate of drug-likeness (QED) is 0.428. The third kappa shape index (κ3) is 4.09. The predicted octanol–water partition coefficient (Wildman–Crippen LogP) is 1.83. The number of nitrogens with zero attached hydrogens (tertiary/aromatic N) is 3. The van der Waals surface area contributed by atoms with Crippen LogP contribution in [0.2, 0.25) is 0 Å². The normalized spacial score (nSPS) is 11.2. The Kier molecular flexibility index (Phi) is 5.98. The van der Waals surface area contributed by atoms with E-state index in [-0.39, 0.29) is 31.4 Å². The second kappa shape index (κ2) is 7.89. The van der Waals surface area contributed by atoms with Crippen molar-refractivity contribution >= 4 is 17.7 Å². The number of esters is 1. The van der Waals surface area contributed by atoms with Gasteiger partial charge in [-0.15, -0.1) is 11.8 Å². The van der Waals surface area contributed by atoms with Crippen LogP contribution < -0.4 is 11.2 Å². The number of carbonyl (C=O) groups is 1. The molecule has 1 aromatic carbocycles. The van der Waals surface area contributed by atoms with E-state index in [2.05, 4.69) is 4.74 Å². The Morgan fingerprint density at radius 2 is 1.93 bits per heavy atom. The highest BCUT2D eigenvalue weighted by atomic mass is 32.2. The lowest BCUT2D eigenvalue weighted by Gasteiger charge is -2.15. The minimum Gasteiger partial charge on any atom is -0.468 e. The number of carbonyl (C=O) groups excluding carboxylic acids is 1. The van der Waals surface area contributed by atoms with Gasteiger partial charge in [-0.1, -0.05) is 0 Å². The summed E-state index contributed by atoms with van der Waals surface area (Å²) in [4.78, 5) is 35.7. The fourth-order valence-electron chi connectivity index (χ4n) is 2.24. The first-order chi connectivity index (χ1) is 13.0. The van der Waals surface area contributed by atoms with Crippen molar-refractivity contribution in [1.29, 1.82) is 5.26 Å². The van der Waals surface area contributed by atoms with Crippen molar-refractivity contribution in [2.75, 3.05) is 12.9 Å². The summed E-state index contributed by atoms with van der Waals surface area (Å²) in [5.41, 5.74) is -5.15. The van der Waals surface area contributed by atoms with E-state index >= 15 is 0 Å². The summed E-state index contributed by atoms with van der Waals surface area (Å²) < 4.78 is 58.0. The van der Waals surface area contributed by atoms with Crippen LogP contribution >= 0.6 is 11.8 Å². The molecule has 148 valence electrons. The summed E-state index contributed by atoms with van der Waals surface area (Å²) in [7, 11) is 1.92. The van der Waals surface area contributed by atoms with Gasteiger partial charge in [0, 0.05) is 18.0 Å². The Labute approximate surface area is 158 Å². The van der Waals surface area contributed by atoms with Crippen LogP contribution in [0.5, 0.6) is 0 Å². The number of aromatic nitrogens is 2. The van der Waals surface area contributed by atoms with Crippen LogP contribution in [0.1, 0.15) is 11.3 Å². The van der Waals surface area contributed by atoms with Crippen LogP contribution in [-0.4, -0.2) is 28.0 Å². The van der Waals surface area contributed by atoms with Crippen LogP contribution in [0, 0.1) is 17.1 Å². The van der Waals surface area contributed by atoms with E-state index in [0.29, 0.717) is 0 Å². The largest absolute Gasteiger partial charge is 0.468 e. The molecule has 1 aromatic heterocycles.